The lowest BCUT2D eigenvalue weighted by atomic mass is 9.97. The van der Waals surface area contributed by atoms with E-state index in [0.717, 1.165) is 45.4 Å². The molecule has 0 saturated heterocycles. The second-order valence-electron chi connectivity index (χ2n) is 7.41. The summed E-state index contributed by atoms with van der Waals surface area (Å²) in [5.74, 6) is 0. The lowest BCUT2D eigenvalue weighted by Gasteiger charge is -2.13. The quantitative estimate of drug-likeness (QED) is 0.321. The summed E-state index contributed by atoms with van der Waals surface area (Å²) in [5.41, 5.74) is 3.42. The standard InChI is InChI=1S/C26H19F3N2/c1-17-13-20(18(2)31(17)23-10-6-9-22(15-23)26(27,28)29)14-21(16-30)25-12-5-8-19-7-3-4-11-24(19)25/h3-15H,1-2H3/b21-14+. The first-order valence-electron chi connectivity index (χ1n) is 9.76. The van der Waals surface area contributed by atoms with Crippen LogP contribution in [-0.4, -0.2) is 4.57 Å². The van der Waals surface area contributed by atoms with E-state index in [2.05, 4.69) is 6.07 Å². The minimum Gasteiger partial charge on any atom is -0.318 e. The molecule has 0 aliphatic heterocycles. The van der Waals surface area contributed by atoms with E-state index in [-0.39, 0.29) is 0 Å². The number of rotatable bonds is 3. The highest BCUT2D eigenvalue weighted by Gasteiger charge is 2.30. The summed E-state index contributed by atoms with van der Waals surface area (Å²) in [5, 5.41) is 11.9. The van der Waals surface area contributed by atoms with Crippen molar-refractivity contribution in [3.05, 3.63) is 101 Å². The van der Waals surface area contributed by atoms with Crippen molar-refractivity contribution in [2.75, 3.05) is 0 Å². The molecule has 2 nitrogen and oxygen atoms in total. The highest BCUT2D eigenvalue weighted by atomic mass is 19.4. The van der Waals surface area contributed by atoms with Gasteiger partial charge in [0.25, 0.3) is 0 Å². The van der Waals surface area contributed by atoms with Crippen LogP contribution in [0.3, 0.4) is 0 Å². The number of benzene rings is 3. The number of hydrogen-bond acceptors (Lipinski definition) is 1. The van der Waals surface area contributed by atoms with Gasteiger partial charge in [-0.1, -0.05) is 48.5 Å². The molecule has 1 heterocycles. The van der Waals surface area contributed by atoms with Crippen LogP contribution in [0.5, 0.6) is 0 Å². The Labute approximate surface area is 178 Å². The fourth-order valence-electron chi connectivity index (χ4n) is 3.94. The fourth-order valence-corrected chi connectivity index (χ4v) is 3.94. The SMILES string of the molecule is Cc1cc(/C=C(\C#N)c2cccc3ccccc23)c(C)n1-c1cccc(C(F)(F)F)c1. The molecule has 0 aliphatic carbocycles. The maximum Gasteiger partial charge on any atom is 0.416 e. The van der Waals surface area contributed by atoms with Crippen molar-refractivity contribution < 1.29 is 13.2 Å². The number of allylic oxidation sites excluding steroid dienone is 1. The van der Waals surface area contributed by atoms with Gasteiger partial charge in [-0.25, -0.2) is 0 Å². The molecule has 0 saturated carbocycles. The molecular weight excluding hydrogens is 397 g/mol. The number of aromatic nitrogens is 1. The maximum atomic E-state index is 13.2. The lowest BCUT2D eigenvalue weighted by Crippen LogP contribution is -2.07. The molecule has 0 atom stereocenters. The molecule has 0 bridgehead atoms. The van der Waals surface area contributed by atoms with Crippen molar-refractivity contribution in [1.29, 1.82) is 5.26 Å². The zero-order chi connectivity index (χ0) is 22.2. The van der Waals surface area contributed by atoms with Gasteiger partial charge in [0.05, 0.1) is 17.2 Å². The second kappa shape index (κ2) is 7.81. The highest BCUT2D eigenvalue weighted by Crippen LogP contribution is 2.32. The molecule has 0 amide bonds. The Morgan fingerprint density at radius 2 is 1.65 bits per heavy atom. The van der Waals surface area contributed by atoms with E-state index in [4.69, 9.17) is 0 Å². The summed E-state index contributed by atoms with van der Waals surface area (Å²) < 4.78 is 41.3. The molecule has 3 aromatic carbocycles. The zero-order valence-electron chi connectivity index (χ0n) is 17.0. The molecule has 0 N–H and O–H groups in total. The molecule has 154 valence electrons. The Hall–Kier alpha value is -3.78. The number of fused-ring (bicyclic) bond motifs is 1. The number of aryl methyl sites for hydroxylation is 1. The van der Waals surface area contributed by atoms with Crippen LogP contribution in [0, 0.1) is 25.2 Å². The number of hydrogen-bond donors (Lipinski definition) is 0. The Balaban J connectivity index is 1.84. The summed E-state index contributed by atoms with van der Waals surface area (Å²) in [6, 6.07) is 23.1. The van der Waals surface area contributed by atoms with Crippen LogP contribution in [0.4, 0.5) is 13.2 Å². The van der Waals surface area contributed by atoms with Gasteiger partial charge in [-0.2, -0.15) is 18.4 Å². The second-order valence-corrected chi connectivity index (χ2v) is 7.41. The molecule has 5 heteroatoms. The number of alkyl halides is 3. The van der Waals surface area contributed by atoms with Crippen LogP contribution < -0.4 is 0 Å². The predicted molar refractivity (Wildman–Crippen MR) is 118 cm³/mol. The summed E-state index contributed by atoms with van der Waals surface area (Å²) in [6.45, 7) is 3.69. The molecule has 0 unspecified atom stereocenters. The van der Waals surface area contributed by atoms with Crippen LogP contribution in [-0.2, 0) is 6.18 Å². The highest BCUT2D eigenvalue weighted by molar-refractivity contribution is 6.01. The first kappa shape index (κ1) is 20.5. The van der Waals surface area contributed by atoms with Gasteiger partial charge in [-0.05, 0) is 60.5 Å². The summed E-state index contributed by atoms with van der Waals surface area (Å²) in [7, 11) is 0. The summed E-state index contributed by atoms with van der Waals surface area (Å²) in [6.07, 6.45) is -2.61. The van der Waals surface area contributed by atoms with E-state index < -0.39 is 11.7 Å². The largest absolute Gasteiger partial charge is 0.416 e. The average molecular weight is 416 g/mol. The average Bonchev–Trinajstić information content (AvgIpc) is 3.04. The van der Waals surface area contributed by atoms with E-state index in [1.807, 2.05) is 62.4 Å². The van der Waals surface area contributed by atoms with Gasteiger partial charge in [0, 0.05) is 22.6 Å². The van der Waals surface area contributed by atoms with Crippen molar-refractivity contribution >= 4 is 22.4 Å². The van der Waals surface area contributed by atoms with Gasteiger partial charge in [-0.15, -0.1) is 0 Å². The van der Waals surface area contributed by atoms with Crippen LogP contribution in [0.2, 0.25) is 0 Å². The van der Waals surface area contributed by atoms with Crippen LogP contribution in [0.1, 0.15) is 28.1 Å². The van der Waals surface area contributed by atoms with E-state index in [0.29, 0.717) is 11.3 Å². The lowest BCUT2D eigenvalue weighted by molar-refractivity contribution is -0.137. The van der Waals surface area contributed by atoms with E-state index in [1.165, 1.54) is 6.07 Å². The summed E-state index contributed by atoms with van der Waals surface area (Å²) in [4.78, 5) is 0. The Kier molecular flexibility index (Phi) is 5.16. The monoisotopic (exact) mass is 416 g/mol. The van der Waals surface area contributed by atoms with Gasteiger partial charge < -0.3 is 4.57 Å². The van der Waals surface area contributed by atoms with Gasteiger partial charge >= 0.3 is 6.18 Å². The number of nitriles is 1. The normalized spacial score (nSPS) is 12.2. The minimum absolute atomic E-state index is 0.438. The molecule has 31 heavy (non-hydrogen) atoms. The van der Waals surface area contributed by atoms with Crippen LogP contribution in [0.15, 0.2) is 72.8 Å². The predicted octanol–water partition coefficient (Wildman–Crippen LogP) is 7.33. The first-order valence-corrected chi connectivity index (χ1v) is 9.76. The summed E-state index contributed by atoms with van der Waals surface area (Å²) >= 11 is 0. The molecule has 4 aromatic rings. The topological polar surface area (TPSA) is 28.7 Å². The molecule has 0 aliphatic rings. The van der Waals surface area contributed by atoms with Crippen molar-refractivity contribution in [3.63, 3.8) is 0 Å². The Morgan fingerprint density at radius 1 is 0.935 bits per heavy atom. The maximum absolute atomic E-state index is 13.2. The van der Waals surface area contributed by atoms with E-state index >= 15 is 0 Å². The zero-order valence-corrected chi connectivity index (χ0v) is 17.0. The van der Waals surface area contributed by atoms with Crippen molar-refractivity contribution in [1.82, 2.24) is 4.57 Å². The van der Waals surface area contributed by atoms with E-state index in [9.17, 15) is 18.4 Å². The fraction of sp³-hybridized carbons (Fsp3) is 0.115. The van der Waals surface area contributed by atoms with Gasteiger partial charge in [0.2, 0.25) is 0 Å². The van der Waals surface area contributed by atoms with Crippen LogP contribution in [0.25, 0.3) is 28.1 Å². The van der Waals surface area contributed by atoms with Crippen molar-refractivity contribution in [3.8, 4) is 11.8 Å². The number of nitrogens with zero attached hydrogens (tertiary/aromatic N) is 2. The number of halogens is 3. The molecule has 4 rings (SSSR count). The van der Waals surface area contributed by atoms with Gasteiger partial charge in [0.1, 0.15) is 0 Å². The Bertz CT molecular complexity index is 1350. The molecule has 0 fully saturated rings. The molecule has 1 aromatic heterocycles. The van der Waals surface area contributed by atoms with Crippen molar-refractivity contribution in [2.24, 2.45) is 0 Å². The molecule has 0 radical (unpaired) electrons. The third-order valence-electron chi connectivity index (χ3n) is 5.40. The van der Waals surface area contributed by atoms with Gasteiger partial charge in [-0.3, -0.25) is 0 Å². The van der Waals surface area contributed by atoms with Crippen molar-refractivity contribution in [2.45, 2.75) is 20.0 Å². The molecule has 0 spiro atoms. The third-order valence-corrected chi connectivity index (χ3v) is 5.40. The van der Waals surface area contributed by atoms with Crippen LogP contribution >= 0.6 is 0 Å². The smallest absolute Gasteiger partial charge is 0.318 e. The third kappa shape index (κ3) is 3.85. The minimum atomic E-state index is -4.41. The molecular formula is C26H19F3N2. The van der Waals surface area contributed by atoms with E-state index in [1.54, 1.807) is 16.7 Å². The Morgan fingerprint density at radius 3 is 2.39 bits per heavy atom. The van der Waals surface area contributed by atoms with Gasteiger partial charge in [0.15, 0.2) is 0 Å². The first-order chi connectivity index (χ1) is 14.8.